The summed E-state index contributed by atoms with van der Waals surface area (Å²) in [5.41, 5.74) is 2.80. The second kappa shape index (κ2) is 7.98. The number of rotatable bonds is 5. The maximum absolute atomic E-state index is 11.8. The fourth-order valence-corrected chi connectivity index (χ4v) is 3.97. The summed E-state index contributed by atoms with van der Waals surface area (Å²) in [5.74, 6) is 0. The Morgan fingerprint density at radius 3 is 2.23 bits per heavy atom. The lowest BCUT2D eigenvalue weighted by Gasteiger charge is -2.09. The number of nitrogens with zero attached hydrogens (tertiary/aromatic N) is 3. The highest BCUT2D eigenvalue weighted by atomic mass is 35.5. The van der Waals surface area contributed by atoms with Crippen LogP contribution in [0.2, 0.25) is 5.02 Å². The molecule has 4 aromatic rings. The van der Waals surface area contributed by atoms with E-state index in [1.807, 2.05) is 12.1 Å². The Morgan fingerprint density at radius 1 is 0.968 bits per heavy atom. The van der Waals surface area contributed by atoms with Gasteiger partial charge in [-0.15, -0.1) is 0 Å². The topological polar surface area (TPSA) is 95.1 Å². The molecule has 1 heterocycles. The molecule has 0 atom stereocenters. The second-order valence-electron chi connectivity index (χ2n) is 6.87. The van der Waals surface area contributed by atoms with Crippen molar-refractivity contribution in [3.8, 4) is 28.2 Å². The zero-order valence-corrected chi connectivity index (χ0v) is 17.8. The Bertz CT molecular complexity index is 1380. The molecular formula is C22H16ClN3O4S. The average molecular weight is 454 g/mol. The number of benzene rings is 3. The molecule has 156 valence electrons. The van der Waals surface area contributed by atoms with Gasteiger partial charge in [0.05, 0.1) is 32.5 Å². The molecule has 0 amide bonds. The van der Waals surface area contributed by atoms with Gasteiger partial charge in [-0.05, 0) is 48.5 Å². The Labute approximate surface area is 183 Å². The number of aromatic nitrogens is 2. The van der Waals surface area contributed by atoms with Crippen molar-refractivity contribution in [3.05, 3.63) is 94.0 Å². The van der Waals surface area contributed by atoms with Gasteiger partial charge in [-0.2, -0.15) is 5.10 Å². The van der Waals surface area contributed by atoms with Crippen LogP contribution in [0.1, 0.15) is 0 Å². The molecule has 0 aliphatic carbocycles. The Kier molecular flexibility index (Phi) is 5.34. The SMILES string of the molecule is CS(=O)(=O)c1ccc(-n2nc(-c3ccc(Cl)cc3)cc2-c2ccccc2[N+](=O)[O-])cc1. The fraction of sp³-hybridized carbons (Fsp3) is 0.0455. The molecule has 0 N–H and O–H groups in total. The van der Waals surface area contributed by atoms with Gasteiger partial charge in [-0.3, -0.25) is 10.1 Å². The van der Waals surface area contributed by atoms with Gasteiger partial charge in [0.25, 0.3) is 5.69 Å². The van der Waals surface area contributed by atoms with E-state index in [0.29, 0.717) is 27.7 Å². The first-order valence-electron chi connectivity index (χ1n) is 9.14. The minimum Gasteiger partial charge on any atom is -0.258 e. The van der Waals surface area contributed by atoms with Crippen LogP contribution in [0.15, 0.2) is 83.8 Å². The molecule has 7 nitrogen and oxygen atoms in total. The first-order valence-corrected chi connectivity index (χ1v) is 11.4. The van der Waals surface area contributed by atoms with Gasteiger partial charge in [-0.25, -0.2) is 13.1 Å². The number of nitro benzene ring substituents is 1. The van der Waals surface area contributed by atoms with E-state index in [1.165, 1.54) is 18.2 Å². The average Bonchev–Trinajstić information content (AvgIpc) is 3.19. The highest BCUT2D eigenvalue weighted by Crippen LogP contribution is 2.34. The number of sulfone groups is 1. The molecule has 0 unspecified atom stereocenters. The van der Waals surface area contributed by atoms with Gasteiger partial charge in [0.2, 0.25) is 0 Å². The molecule has 4 rings (SSSR count). The zero-order valence-electron chi connectivity index (χ0n) is 16.3. The zero-order chi connectivity index (χ0) is 22.2. The predicted molar refractivity (Wildman–Crippen MR) is 119 cm³/mol. The lowest BCUT2D eigenvalue weighted by atomic mass is 10.1. The van der Waals surface area contributed by atoms with Crippen LogP contribution in [0.3, 0.4) is 0 Å². The summed E-state index contributed by atoms with van der Waals surface area (Å²) in [6, 6.07) is 21.5. The summed E-state index contributed by atoms with van der Waals surface area (Å²) >= 11 is 5.98. The van der Waals surface area contributed by atoms with Crippen LogP contribution in [0.5, 0.6) is 0 Å². The van der Waals surface area contributed by atoms with Crippen molar-refractivity contribution < 1.29 is 13.3 Å². The number of nitro groups is 1. The van der Waals surface area contributed by atoms with Crippen molar-refractivity contribution in [1.82, 2.24) is 9.78 Å². The first-order chi connectivity index (χ1) is 14.7. The first kappa shape index (κ1) is 20.8. The third kappa shape index (κ3) is 4.21. The molecule has 0 saturated heterocycles. The molecular weight excluding hydrogens is 438 g/mol. The highest BCUT2D eigenvalue weighted by Gasteiger charge is 2.21. The van der Waals surface area contributed by atoms with Gasteiger partial charge < -0.3 is 0 Å². The van der Waals surface area contributed by atoms with E-state index in [1.54, 1.807) is 53.2 Å². The highest BCUT2D eigenvalue weighted by molar-refractivity contribution is 7.90. The van der Waals surface area contributed by atoms with Crippen molar-refractivity contribution in [1.29, 1.82) is 0 Å². The predicted octanol–water partition coefficient (Wildman–Crippen LogP) is 5.17. The summed E-state index contributed by atoms with van der Waals surface area (Å²) in [7, 11) is -3.36. The maximum Gasteiger partial charge on any atom is 0.278 e. The van der Waals surface area contributed by atoms with Gasteiger partial charge in [0, 0.05) is 22.9 Å². The maximum atomic E-state index is 11.8. The standard InChI is InChI=1S/C22H16ClN3O4S/c1-31(29,30)18-12-10-17(11-13-18)25-22(19-4-2-3-5-21(19)26(27)28)14-20(24-25)15-6-8-16(23)9-7-15/h2-14H,1H3. The van der Waals surface area contributed by atoms with E-state index < -0.39 is 14.8 Å². The number of hydrogen-bond donors (Lipinski definition) is 0. The quantitative estimate of drug-likeness (QED) is 0.307. The van der Waals surface area contributed by atoms with Crippen LogP contribution in [0, 0.1) is 10.1 Å². The number of para-hydroxylation sites is 1. The smallest absolute Gasteiger partial charge is 0.258 e. The molecule has 9 heteroatoms. The lowest BCUT2D eigenvalue weighted by Crippen LogP contribution is -2.02. The molecule has 0 bridgehead atoms. The van der Waals surface area contributed by atoms with E-state index in [0.717, 1.165) is 11.8 Å². The van der Waals surface area contributed by atoms with E-state index in [9.17, 15) is 18.5 Å². The van der Waals surface area contributed by atoms with Gasteiger partial charge >= 0.3 is 0 Å². The van der Waals surface area contributed by atoms with E-state index in [4.69, 9.17) is 11.6 Å². The monoisotopic (exact) mass is 453 g/mol. The van der Waals surface area contributed by atoms with E-state index >= 15 is 0 Å². The fourth-order valence-electron chi connectivity index (χ4n) is 3.22. The largest absolute Gasteiger partial charge is 0.278 e. The molecule has 0 aliphatic heterocycles. The van der Waals surface area contributed by atoms with Gasteiger partial charge in [0.1, 0.15) is 0 Å². The summed E-state index contributed by atoms with van der Waals surface area (Å²) in [6.07, 6.45) is 1.13. The summed E-state index contributed by atoms with van der Waals surface area (Å²) in [5, 5.41) is 16.8. The Balaban J connectivity index is 1.93. The van der Waals surface area contributed by atoms with Crippen molar-refractivity contribution in [3.63, 3.8) is 0 Å². The van der Waals surface area contributed by atoms with Crippen LogP contribution < -0.4 is 0 Å². The summed E-state index contributed by atoms with van der Waals surface area (Å²) in [6.45, 7) is 0. The number of hydrogen-bond acceptors (Lipinski definition) is 5. The van der Waals surface area contributed by atoms with Crippen LogP contribution >= 0.6 is 11.6 Å². The normalized spacial score (nSPS) is 11.4. The molecule has 0 spiro atoms. The minimum atomic E-state index is -3.36. The molecule has 0 radical (unpaired) electrons. The summed E-state index contributed by atoms with van der Waals surface area (Å²) in [4.78, 5) is 11.3. The minimum absolute atomic E-state index is 0.0564. The summed E-state index contributed by atoms with van der Waals surface area (Å²) < 4.78 is 25.2. The molecule has 0 fully saturated rings. The van der Waals surface area contributed by atoms with Crippen LogP contribution in [-0.2, 0) is 9.84 Å². The van der Waals surface area contributed by atoms with Gasteiger partial charge in [0.15, 0.2) is 9.84 Å². The molecule has 0 aliphatic rings. The lowest BCUT2D eigenvalue weighted by molar-refractivity contribution is -0.384. The Morgan fingerprint density at radius 2 is 1.61 bits per heavy atom. The molecule has 31 heavy (non-hydrogen) atoms. The van der Waals surface area contributed by atoms with E-state index in [-0.39, 0.29) is 10.6 Å². The van der Waals surface area contributed by atoms with E-state index in [2.05, 4.69) is 5.10 Å². The Hall–Kier alpha value is -3.49. The van der Waals surface area contributed by atoms with Crippen molar-refractivity contribution in [2.24, 2.45) is 0 Å². The molecule has 1 aromatic heterocycles. The van der Waals surface area contributed by atoms with Gasteiger partial charge in [-0.1, -0.05) is 35.9 Å². The third-order valence-electron chi connectivity index (χ3n) is 4.74. The number of halogens is 1. The second-order valence-corrected chi connectivity index (χ2v) is 9.33. The molecule has 3 aromatic carbocycles. The van der Waals surface area contributed by atoms with Crippen LogP contribution in [0.4, 0.5) is 5.69 Å². The van der Waals surface area contributed by atoms with Crippen LogP contribution in [-0.4, -0.2) is 29.4 Å². The molecule has 0 saturated carbocycles. The van der Waals surface area contributed by atoms with Crippen molar-refractivity contribution >= 4 is 27.1 Å². The van der Waals surface area contributed by atoms with Crippen molar-refractivity contribution in [2.45, 2.75) is 4.90 Å². The van der Waals surface area contributed by atoms with Crippen LogP contribution in [0.25, 0.3) is 28.2 Å². The third-order valence-corrected chi connectivity index (χ3v) is 6.12. The van der Waals surface area contributed by atoms with Crippen molar-refractivity contribution in [2.75, 3.05) is 6.26 Å².